The number of hydrogen-bond donors (Lipinski definition) is 5. The summed E-state index contributed by atoms with van der Waals surface area (Å²) >= 11 is 0. The second-order valence-corrected chi connectivity index (χ2v) is 16.4. The summed E-state index contributed by atoms with van der Waals surface area (Å²) in [5.74, 6) is -0.161. The molecule has 5 atom stereocenters. The Morgan fingerprint density at radius 2 is 1.72 bits per heavy atom. The summed E-state index contributed by atoms with van der Waals surface area (Å²) < 4.78 is 24.2. The van der Waals surface area contributed by atoms with Crippen LogP contribution in [0.25, 0.3) is 22.2 Å². The third kappa shape index (κ3) is 13.1. The molecule has 3 fully saturated rings. The predicted molar refractivity (Wildman–Crippen MR) is 223 cm³/mol. The van der Waals surface area contributed by atoms with Crippen molar-refractivity contribution in [3.05, 3.63) is 90.1 Å². The van der Waals surface area contributed by atoms with E-state index < -0.39 is 46.6 Å². The van der Waals surface area contributed by atoms with Crippen LogP contribution in [-0.2, 0) is 34.9 Å². The number of likely N-dealkylation sites (tertiary alicyclic amines) is 1. The van der Waals surface area contributed by atoms with E-state index in [9.17, 15) is 33.0 Å². The average molecular weight is 819 g/mol. The molecule has 5 N–H and O–H groups in total. The number of fused-ring (bicyclic) bond motifs is 1. The summed E-state index contributed by atoms with van der Waals surface area (Å²) in [5, 5.41) is 8.39. The molecule has 1 saturated heterocycles. The van der Waals surface area contributed by atoms with E-state index in [1.807, 2.05) is 36.4 Å². The van der Waals surface area contributed by atoms with Crippen molar-refractivity contribution >= 4 is 51.6 Å². The lowest BCUT2D eigenvalue weighted by molar-refractivity contribution is -0.139. The Bertz CT molecular complexity index is 2060. The highest BCUT2D eigenvalue weighted by atomic mass is 32.2. The van der Waals surface area contributed by atoms with Gasteiger partial charge in [-0.2, -0.15) is 0 Å². The van der Waals surface area contributed by atoms with Crippen molar-refractivity contribution < 1.29 is 37.7 Å². The first-order valence-corrected chi connectivity index (χ1v) is 20.3. The average Bonchev–Trinajstić information content (AvgIpc) is 4.15. The lowest BCUT2D eigenvalue weighted by Crippen LogP contribution is -2.57. The first-order chi connectivity index (χ1) is 27.6. The standard InChI is InChI=1S/C17H28N4O5.C16H13NO2.C9H13NO2S/c1-6-13(22)19-10-11(20-16(25)26-17(2,3)4)15(24)21-9-7-8-12(21)14(23)18-5;1-19-12-7-8-13-15(9-12)17-14(10-16(13)18)11-5-3-2-4-6-11;1-2-6-5-8(6)9(11)10-13(12)7-3-4-7/h6,11-12H,1,7-10H2,2-5H3,(H,18,23)(H,19,22)(H,20,25);2-10H,1H3,(H,17,18);2,6-8H,1,3-5H2,(H,10,11). The van der Waals surface area contributed by atoms with Crippen LogP contribution in [-0.4, -0.2) is 94.0 Å². The van der Waals surface area contributed by atoms with Gasteiger partial charge in [-0.3, -0.25) is 28.7 Å². The van der Waals surface area contributed by atoms with Crippen LogP contribution in [0.5, 0.6) is 5.75 Å². The topological polar surface area (TPSA) is 205 Å². The third-order valence-corrected chi connectivity index (χ3v) is 10.8. The fraction of sp³-hybridized carbons (Fsp3) is 0.429. The number of rotatable bonds is 12. The van der Waals surface area contributed by atoms with Crippen LogP contribution in [0.1, 0.15) is 52.9 Å². The number of aromatic nitrogens is 1. The zero-order valence-corrected chi connectivity index (χ0v) is 34.4. The molecule has 58 heavy (non-hydrogen) atoms. The Morgan fingerprint density at radius 1 is 1.02 bits per heavy atom. The van der Waals surface area contributed by atoms with Crippen LogP contribution in [0.3, 0.4) is 0 Å². The minimum Gasteiger partial charge on any atom is -0.497 e. The summed E-state index contributed by atoms with van der Waals surface area (Å²) in [5.41, 5.74) is 1.86. The molecule has 3 aromatic rings. The van der Waals surface area contributed by atoms with E-state index in [4.69, 9.17) is 9.47 Å². The SMILES string of the molecule is C=CC(=O)NCC(NC(=O)OC(C)(C)C)C(=O)N1CCCC1C(=O)NC.C=CC1CC1C(=O)NS(=O)C1CC1.COc1ccc2c(=O)cc(-c3ccccc3)[nH]c2c1. The van der Waals surface area contributed by atoms with E-state index in [1.165, 1.54) is 11.9 Å². The number of pyridine rings is 1. The van der Waals surface area contributed by atoms with Gasteiger partial charge in [0.25, 0.3) is 0 Å². The normalized spacial score (nSPS) is 19.0. The molecule has 1 aliphatic heterocycles. The molecule has 6 rings (SSSR count). The smallest absolute Gasteiger partial charge is 0.408 e. The van der Waals surface area contributed by atoms with E-state index in [1.54, 1.807) is 52.2 Å². The second-order valence-electron chi connectivity index (χ2n) is 15.0. The highest BCUT2D eigenvalue weighted by Crippen LogP contribution is 2.39. The van der Waals surface area contributed by atoms with E-state index in [0.29, 0.717) is 30.7 Å². The number of nitrogens with zero attached hydrogens (tertiary/aromatic N) is 1. The van der Waals surface area contributed by atoms with Crippen molar-refractivity contribution in [1.29, 1.82) is 0 Å². The molecule has 2 saturated carbocycles. The Labute approximate surface area is 341 Å². The first kappa shape index (κ1) is 44.9. The second kappa shape index (κ2) is 20.6. The van der Waals surface area contributed by atoms with Crippen LogP contribution in [0, 0.1) is 11.8 Å². The summed E-state index contributed by atoms with van der Waals surface area (Å²) in [6.07, 6.45) is 6.16. The molecule has 5 unspecified atom stereocenters. The Kier molecular flexibility index (Phi) is 16.0. The molecular weight excluding hydrogens is 765 g/mol. The first-order valence-electron chi connectivity index (χ1n) is 19.1. The highest BCUT2D eigenvalue weighted by molar-refractivity contribution is 7.84. The number of amides is 5. The van der Waals surface area contributed by atoms with Crippen molar-refractivity contribution in [1.82, 2.24) is 30.6 Å². The van der Waals surface area contributed by atoms with Gasteiger partial charge in [0.15, 0.2) is 5.43 Å². The molecule has 2 aliphatic carbocycles. The Morgan fingerprint density at radius 3 is 2.31 bits per heavy atom. The Balaban J connectivity index is 0.000000203. The van der Waals surface area contributed by atoms with Crippen molar-refractivity contribution in [3.8, 4) is 17.0 Å². The van der Waals surface area contributed by atoms with E-state index in [0.717, 1.165) is 47.9 Å². The fourth-order valence-corrected chi connectivity index (χ4v) is 7.12. The van der Waals surface area contributed by atoms with Gasteiger partial charge in [-0.05, 0) is 82.6 Å². The maximum atomic E-state index is 12.9. The van der Waals surface area contributed by atoms with Crippen LogP contribution in [0.2, 0.25) is 0 Å². The van der Waals surface area contributed by atoms with Crippen LogP contribution in [0.15, 0.2) is 84.7 Å². The number of aromatic amines is 1. The molecule has 0 radical (unpaired) electrons. The fourth-order valence-electron chi connectivity index (χ4n) is 6.04. The minimum atomic E-state index is -1.12. The molecule has 5 amide bonds. The van der Waals surface area contributed by atoms with E-state index in [2.05, 4.69) is 38.8 Å². The number of allylic oxidation sites excluding steroid dienone is 1. The summed E-state index contributed by atoms with van der Waals surface area (Å²) in [6, 6.07) is 15.2. The molecular formula is C42H54N6O9S. The van der Waals surface area contributed by atoms with Gasteiger partial charge >= 0.3 is 6.09 Å². The molecule has 2 aromatic carbocycles. The molecule has 312 valence electrons. The van der Waals surface area contributed by atoms with Gasteiger partial charge in [-0.15, -0.1) is 6.58 Å². The van der Waals surface area contributed by atoms with Gasteiger partial charge in [0.2, 0.25) is 23.6 Å². The maximum Gasteiger partial charge on any atom is 0.408 e. The Hall–Kier alpha value is -5.77. The molecule has 3 aliphatic rings. The number of ether oxygens (including phenoxy) is 2. The number of hydrogen-bond acceptors (Lipinski definition) is 9. The van der Waals surface area contributed by atoms with Gasteiger partial charge in [-0.1, -0.05) is 43.0 Å². The number of carbonyl (C=O) groups excluding carboxylic acids is 5. The number of H-pyrrole nitrogens is 1. The molecule has 0 spiro atoms. The van der Waals surface area contributed by atoms with Gasteiger partial charge < -0.3 is 35.3 Å². The monoisotopic (exact) mass is 818 g/mol. The van der Waals surface area contributed by atoms with Gasteiger partial charge in [0, 0.05) is 49.3 Å². The number of nitrogens with one attached hydrogen (secondary N) is 5. The van der Waals surface area contributed by atoms with E-state index >= 15 is 0 Å². The van der Waals surface area contributed by atoms with Gasteiger partial charge in [-0.25, -0.2) is 9.00 Å². The lowest BCUT2D eigenvalue weighted by Gasteiger charge is -2.29. The molecule has 1 aromatic heterocycles. The van der Waals surface area contributed by atoms with Crippen molar-refractivity contribution in [2.24, 2.45) is 11.8 Å². The zero-order chi connectivity index (χ0) is 42.6. The summed E-state index contributed by atoms with van der Waals surface area (Å²) in [4.78, 5) is 76.5. The predicted octanol–water partition coefficient (Wildman–Crippen LogP) is 3.87. The number of benzene rings is 2. The number of likely N-dealkylation sites (N-methyl/N-ethyl adjacent to an activating group) is 1. The highest BCUT2D eigenvalue weighted by Gasteiger charge is 2.42. The van der Waals surface area contributed by atoms with Crippen LogP contribution < -0.4 is 30.8 Å². The molecule has 2 heterocycles. The minimum absolute atomic E-state index is 0.00950. The summed E-state index contributed by atoms with van der Waals surface area (Å²) in [6.45, 7) is 12.3. The lowest BCUT2D eigenvalue weighted by atomic mass is 10.1. The molecule has 0 bridgehead atoms. The molecule has 15 nitrogen and oxygen atoms in total. The van der Waals surface area contributed by atoms with Crippen molar-refractivity contribution in [3.63, 3.8) is 0 Å². The van der Waals surface area contributed by atoms with Crippen LogP contribution >= 0.6 is 0 Å². The number of methoxy groups -OCH3 is 1. The van der Waals surface area contributed by atoms with Crippen molar-refractivity contribution in [2.45, 2.75) is 75.8 Å². The van der Waals surface area contributed by atoms with Crippen LogP contribution in [0.4, 0.5) is 4.79 Å². The van der Waals surface area contributed by atoms with Gasteiger partial charge in [0.1, 0.15) is 34.4 Å². The largest absolute Gasteiger partial charge is 0.497 e. The number of alkyl carbamates (subject to hydrolysis) is 1. The van der Waals surface area contributed by atoms with Gasteiger partial charge in [0.05, 0.1) is 17.9 Å². The zero-order valence-electron chi connectivity index (χ0n) is 33.6. The maximum absolute atomic E-state index is 12.9. The quantitative estimate of drug-likeness (QED) is 0.133. The van der Waals surface area contributed by atoms with Crippen molar-refractivity contribution in [2.75, 3.05) is 27.2 Å². The third-order valence-electron chi connectivity index (χ3n) is 9.37. The number of carbonyl (C=O) groups is 5. The van der Waals surface area contributed by atoms with E-state index in [-0.39, 0.29) is 35.0 Å². The molecule has 16 heteroatoms. The summed E-state index contributed by atoms with van der Waals surface area (Å²) in [7, 11) is 1.99.